The van der Waals surface area contributed by atoms with E-state index in [1.165, 1.54) is 25.8 Å². The standard InChI is InChI=1S/C13H19NS/c1-9(2)11-10-4-7-15-12(10)13(8-14-11)5-3-6-13/h4,7,9,11,14H,3,5-6,8H2,1-2H3. The molecule has 0 bridgehead atoms. The number of thiophene rings is 1. The van der Waals surface area contributed by atoms with Crippen LogP contribution in [0.4, 0.5) is 0 Å². The number of hydrogen-bond donors (Lipinski definition) is 1. The van der Waals surface area contributed by atoms with Gasteiger partial charge >= 0.3 is 0 Å². The molecule has 1 spiro atoms. The minimum Gasteiger partial charge on any atom is -0.309 e. The van der Waals surface area contributed by atoms with Gasteiger partial charge < -0.3 is 5.32 Å². The molecule has 0 amide bonds. The number of hydrogen-bond acceptors (Lipinski definition) is 2. The van der Waals surface area contributed by atoms with Crippen molar-refractivity contribution in [1.29, 1.82) is 0 Å². The lowest BCUT2D eigenvalue weighted by Crippen LogP contribution is -2.49. The summed E-state index contributed by atoms with van der Waals surface area (Å²) < 4.78 is 0. The maximum Gasteiger partial charge on any atom is 0.0354 e. The smallest absolute Gasteiger partial charge is 0.0354 e. The van der Waals surface area contributed by atoms with Crippen molar-refractivity contribution in [3.05, 3.63) is 21.9 Å². The summed E-state index contributed by atoms with van der Waals surface area (Å²) in [5.41, 5.74) is 2.13. The van der Waals surface area contributed by atoms with Crippen LogP contribution in [0.3, 0.4) is 0 Å². The molecule has 1 atom stereocenters. The van der Waals surface area contributed by atoms with E-state index >= 15 is 0 Å². The minimum atomic E-state index is 0.537. The summed E-state index contributed by atoms with van der Waals surface area (Å²) in [5.74, 6) is 0.704. The van der Waals surface area contributed by atoms with E-state index in [2.05, 4.69) is 30.6 Å². The Balaban J connectivity index is 2.01. The van der Waals surface area contributed by atoms with Crippen molar-refractivity contribution in [2.75, 3.05) is 6.54 Å². The van der Waals surface area contributed by atoms with Gasteiger partial charge in [0, 0.05) is 22.9 Å². The van der Waals surface area contributed by atoms with E-state index in [0.717, 1.165) is 0 Å². The molecular formula is C13H19NS. The zero-order chi connectivity index (χ0) is 10.5. The summed E-state index contributed by atoms with van der Waals surface area (Å²) in [5, 5.41) is 6.05. The van der Waals surface area contributed by atoms with E-state index in [9.17, 15) is 0 Å². The van der Waals surface area contributed by atoms with Crippen LogP contribution in [-0.2, 0) is 5.41 Å². The topological polar surface area (TPSA) is 12.0 Å². The van der Waals surface area contributed by atoms with Crippen molar-refractivity contribution in [2.45, 2.75) is 44.6 Å². The largest absolute Gasteiger partial charge is 0.309 e. The summed E-state index contributed by atoms with van der Waals surface area (Å²) >= 11 is 1.99. The van der Waals surface area contributed by atoms with Crippen LogP contribution < -0.4 is 5.32 Å². The van der Waals surface area contributed by atoms with Crippen molar-refractivity contribution >= 4 is 11.3 Å². The molecule has 1 aromatic heterocycles. The van der Waals surface area contributed by atoms with Gasteiger partial charge in [0.1, 0.15) is 0 Å². The van der Waals surface area contributed by atoms with Crippen molar-refractivity contribution in [2.24, 2.45) is 5.92 Å². The molecule has 15 heavy (non-hydrogen) atoms. The Bertz CT molecular complexity index is 362. The predicted octanol–water partition coefficient (Wildman–Crippen LogP) is 3.47. The highest BCUT2D eigenvalue weighted by molar-refractivity contribution is 7.10. The third-order valence-electron chi connectivity index (χ3n) is 4.15. The molecule has 1 fully saturated rings. The number of rotatable bonds is 1. The van der Waals surface area contributed by atoms with Gasteiger partial charge in [0.15, 0.2) is 0 Å². The van der Waals surface area contributed by atoms with Gasteiger partial charge in [-0.15, -0.1) is 11.3 Å². The molecule has 0 aromatic carbocycles. The molecular weight excluding hydrogens is 202 g/mol. The third kappa shape index (κ3) is 1.31. The summed E-state index contributed by atoms with van der Waals surface area (Å²) in [4.78, 5) is 1.70. The first-order valence-electron chi connectivity index (χ1n) is 6.04. The molecule has 82 valence electrons. The molecule has 1 unspecified atom stereocenters. The monoisotopic (exact) mass is 221 g/mol. The minimum absolute atomic E-state index is 0.537. The second-order valence-corrected chi connectivity index (χ2v) is 6.36. The van der Waals surface area contributed by atoms with Crippen LogP contribution in [0.25, 0.3) is 0 Å². The third-order valence-corrected chi connectivity index (χ3v) is 5.33. The first kappa shape index (κ1) is 9.86. The Hall–Kier alpha value is -0.340. The SMILES string of the molecule is CC(C)C1NCC2(CCC2)c2sccc21. The van der Waals surface area contributed by atoms with Gasteiger partial charge in [0.05, 0.1) is 0 Å². The van der Waals surface area contributed by atoms with Crippen molar-refractivity contribution in [3.63, 3.8) is 0 Å². The van der Waals surface area contributed by atoms with Gasteiger partial charge in [0.2, 0.25) is 0 Å². The van der Waals surface area contributed by atoms with E-state index in [1.807, 2.05) is 11.3 Å². The van der Waals surface area contributed by atoms with Gasteiger partial charge in [-0.05, 0) is 35.8 Å². The normalized spacial score (nSPS) is 27.8. The van der Waals surface area contributed by atoms with Crippen LogP contribution in [0.2, 0.25) is 0 Å². The molecule has 1 saturated carbocycles. The summed E-state index contributed by atoms with van der Waals surface area (Å²) in [6.45, 7) is 5.85. The Morgan fingerprint density at radius 2 is 2.27 bits per heavy atom. The Morgan fingerprint density at radius 1 is 1.47 bits per heavy atom. The lowest BCUT2D eigenvalue weighted by Gasteiger charge is -2.47. The highest BCUT2D eigenvalue weighted by Gasteiger charge is 2.45. The van der Waals surface area contributed by atoms with Crippen LogP contribution in [0.15, 0.2) is 11.4 Å². The Morgan fingerprint density at radius 3 is 2.87 bits per heavy atom. The maximum atomic E-state index is 3.76. The lowest BCUT2D eigenvalue weighted by molar-refractivity contribution is 0.199. The average Bonchev–Trinajstić information content (AvgIpc) is 2.61. The molecule has 0 radical (unpaired) electrons. The van der Waals surface area contributed by atoms with Crippen LogP contribution >= 0.6 is 11.3 Å². The molecule has 1 nitrogen and oxygen atoms in total. The highest BCUT2D eigenvalue weighted by Crippen LogP contribution is 2.51. The van der Waals surface area contributed by atoms with Crippen molar-refractivity contribution in [1.82, 2.24) is 5.32 Å². The predicted molar refractivity (Wildman–Crippen MR) is 65.4 cm³/mol. The molecule has 1 aromatic rings. The van der Waals surface area contributed by atoms with Gasteiger partial charge in [0.25, 0.3) is 0 Å². The first-order chi connectivity index (χ1) is 7.23. The molecule has 1 aliphatic carbocycles. The van der Waals surface area contributed by atoms with Crippen LogP contribution in [0.5, 0.6) is 0 Å². The Kier molecular flexibility index (Phi) is 2.18. The fraction of sp³-hybridized carbons (Fsp3) is 0.692. The van der Waals surface area contributed by atoms with E-state index in [4.69, 9.17) is 0 Å². The molecule has 1 N–H and O–H groups in total. The molecule has 0 saturated heterocycles. The number of nitrogens with one attached hydrogen (secondary N) is 1. The van der Waals surface area contributed by atoms with E-state index in [1.54, 1.807) is 10.4 Å². The van der Waals surface area contributed by atoms with Crippen molar-refractivity contribution < 1.29 is 0 Å². The maximum absolute atomic E-state index is 3.76. The molecule has 2 heterocycles. The molecule has 1 aliphatic heterocycles. The molecule has 2 heteroatoms. The van der Waals surface area contributed by atoms with Gasteiger partial charge in [-0.1, -0.05) is 20.3 Å². The second kappa shape index (κ2) is 3.33. The van der Waals surface area contributed by atoms with Gasteiger partial charge in [-0.2, -0.15) is 0 Å². The van der Waals surface area contributed by atoms with Crippen LogP contribution in [0.1, 0.15) is 49.6 Å². The highest BCUT2D eigenvalue weighted by atomic mass is 32.1. The van der Waals surface area contributed by atoms with Crippen LogP contribution in [-0.4, -0.2) is 6.54 Å². The van der Waals surface area contributed by atoms with Gasteiger partial charge in [-0.3, -0.25) is 0 Å². The quantitative estimate of drug-likeness (QED) is 0.765. The van der Waals surface area contributed by atoms with E-state index in [0.29, 0.717) is 17.4 Å². The zero-order valence-electron chi connectivity index (χ0n) is 9.55. The molecule has 3 rings (SSSR count). The average molecular weight is 221 g/mol. The van der Waals surface area contributed by atoms with Gasteiger partial charge in [-0.25, -0.2) is 0 Å². The zero-order valence-corrected chi connectivity index (χ0v) is 10.4. The fourth-order valence-electron chi connectivity index (χ4n) is 3.09. The lowest BCUT2D eigenvalue weighted by atomic mass is 9.64. The van der Waals surface area contributed by atoms with E-state index in [-0.39, 0.29) is 0 Å². The number of fused-ring (bicyclic) bond motifs is 2. The summed E-state index contributed by atoms with van der Waals surface area (Å²) in [6, 6.07) is 2.94. The Labute approximate surface area is 95.9 Å². The second-order valence-electron chi connectivity index (χ2n) is 5.44. The van der Waals surface area contributed by atoms with E-state index < -0.39 is 0 Å². The summed E-state index contributed by atoms with van der Waals surface area (Å²) in [6.07, 6.45) is 4.22. The van der Waals surface area contributed by atoms with Crippen LogP contribution in [0, 0.1) is 5.92 Å². The summed E-state index contributed by atoms with van der Waals surface area (Å²) in [7, 11) is 0. The first-order valence-corrected chi connectivity index (χ1v) is 6.92. The fourth-order valence-corrected chi connectivity index (χ4v) is 4.30. The van der Waals surface area contributed by atoms with Crippen molar-refractivity contribution in [3.8, 4) is 0 Å². The molecule has 2 aliphatic rings.